The summed E-state index contributed by atoms with van der Waals surface area (Å²) in [5, 5.41) is 22.8. The van der Waals surface area contributed by atoms with Crippen molar-refractivity contribution in [3.63, 3.8) is 0 Å². The van der Waals surface area contributed by atoms with Crippen molar-refractivity contribution in [1.82, 2.24) is 4.98 Å². The van der Waals surface area contributed by atoms with Crippen LogP contribution in [0.15, 0.2) is 12.3 Å². The van der Waals surface area contributed by atoms with Gasteiger partial charge in [-0.25, -0.2) is 9.78 Å². The Morgan fingerprint density at radius 3 is 2.84 bits per heavy atom. The Morgan fingerprint density at radius 2 is 2.32 bits per heavy atom. The molecule has 2 N–H and O–H groups in total. The third-order valence-electron chi connectivity index (χ3n) is 3.35. The molecule has 1 aliphatic rings. The maximum atomic E-state index is 11.0. The molecule has 19 heavy (non-hydrogen) atoms. The topological polar surface area (TPSA) is 105 Å². The lowest BCUT2D eigenvalue weighted by Gasteiger charge is -2.13. The second kappa shape index (κ2) is 5.21. The van der Waals surface area contributed by atoms with Crippen LogP contribution >= 0.6 is 0 Å². The molecule has 1 heterocycles. The molecule has 1 aromatic rings. The van der Waals surface area contributed by atoms with Gasteiger partial charge in [-0.1, -0.05) is 6.92 Å². The number of carboxylic acid groups (broad SMARTS) is 1. The minimum absolute atomic E-state index is 0.147. The monoisotopic (exact) mass is 265 g/mol. The van der Waals surface area contributed by atoms with Crippen LogP contribution in [-0.2, 0) is 0 Å². The number of nitro groups is 1. The average molecular weight is 265 g/mol. The minimum Gasteiger partial charge on any atom is -0.478 e. The molecule has 102 valence electrons. The van der Waals surface area contributed by atoms with Crippen molar-refractivity contribution in [3.8, 4) is 0 Å². The van der Waals surface area contributed by atoms with Gasteiger partial charge in [0.1, 0.15) is 0 Å². The van der Waals surface area contributed by atoms with Gasteiger partial charge in [0.15, 0.2) is 0 Å². The molecule has 7 nitrogen and oxygen atoms in total. The highest BCUT2D eigenvalue weighted by atomic mass is 16.6. The quantitative estimate of drug-likeness (QED) is 0.639. The van der Waals surface area contributed by atoms with Crippen molar-refractivity contribution >= 4 is 17.5 Å². The number of hydrogen-bond acceptors (Lipinski definition) is 5. The summed E-state index contributed by atoms with van der Waals surface area (Å²) in [6, 6.07) is 1.20. The maximum Gasteiger partial charge on any atom is 0.337 e. The number of carbonyl (C=O) groups is 1. The summed E-state index contributed by atoms with van der Waals surface area (Å²) in [6.45, 7) is 2.14. The molecule has 1 saturated carbocycles. The largest absolute Gasteiger partial charge is 0.478 e. The van der Waals surface area contributed by atoms with E-state index in [4.69, 9.17) is 5.11 Å². The molecule has 2 rings (SSSR count). The van der Waals surface area contributed by atoms with E-state index in [-0.39, 0.29) is 23.1 Å². The SMILES string of the molecule is CC1CCC(Nc2ncc(C(=O)O)cc2[N+](=O)[O-])C1. The first kappa shape index (κ1) is 13.3. The van der Waals surface area contributed by atoms with Crippen molar-refractivity contribution in [1.29, 1.82) is 0 Å². The molecule has 7 heteroatoms. The van der Waals surface area contributed by atoms with Crippen LogP contribution in [0.3, 0.4) is 0 Å². The number of pyridine rings is 1. The molecule has 1 aromatic heterocycles. The second-order valence-corrected chi connectivity index (χ2v) is 4.91. The van der Waals surface area contributed by atoms with Gasteiger partial charge < -0.3 is 10.4 Å². The van der Waals surface area contributed by atoms with Gasteiger partial charge in [-0.05, 0) is 25.2 Å². The number of hydrogen-bond donors (Lipinski definition) is 2. The first-order valence-electron chi connectivity index (χ1n) is 6.11. The molecule has 0 amide bonds. The number of anilines is 1. The lowest BCUT2D eigenvalue weighted by molar-refractivity contribution is -0.384. The van der Waals surface area contributed by atoms with E-state index in [9.17, 15) is 14.9 Å². The van der Waals surface area contributed by atoms with Gasteiger partial charge in [-0.2, -0.15) is 0 Å². The average Bonchev–Trinajstić information content (AvgIpc) is 2.74. The zero-order valence-corrected chi connectivity index (χ0v) is 10.5. The van der Waals surface area contributed by atoms with E-state index in [1.807, 2.05) is 0 Å². The summed E-state index contributed by atoms with van der Waals surface area (Å²) >= 11 is 0. The number of rotatable bonds is 4. The fraction of sp³-hybridized carbons (Fsp3) is 0.500. The minimum atomic E-state index is -1.23. The summed E-state index contributed by atoms with van der Waals surface area (Å²) in [7, 11) is 0. The molecule has 1 fully saturated rings. The highest BCUT2D eigenvalue weighted by Crippen LogP contribution is 2.30. The van der Waals surface area contributed by atoms with Crippen LogP contribution in [0.2, 0.25) is 0 Å². The van der Waals surface area contributed by atoms with Gasteiger partial charge in [-0.15, -0.1) is 0 Å². The molecule has 2 atom stereocenters. The molecular weight excluding hydrogens is 250 g/mol. The number of nitrogens with zero attached hydrogens (tertiary/aromatic N) is 2. The predicted molar refractivity (Wildman–Crippen MR) is 68.3 cm³/mol. The van der Waals surface area contributed by atoms with Crippen LogP contribution in [0.1, 0.15) is 36.5 Å². The fourth-order valence-electron chi connectivity index (χ4n) is 2.35. The van der Waals surface area contributed by atoms with Crippen LogP contribution in [0, 0.1) is 16.0 Å². The zero-order valence-electron chi connectivity index (χ0n) is 10.5. The Balaban J connectivity index is 2.24. The van der Waals surface area contributed by atoms with Gasteiger partial charge in [0.2, 0.25) is 5.82 Å². The summed E-state index contributed by atoms with van der Waals surface area (Å²) in [4.78, 5) is 25.0. The number of aromatic carboxylic acids is 1. The van der Waals surface area contributed by atoms with E-state index < -0.39 is 10.9 Å². The third kappa shape index (κ3) is 2.98. The number of carboxylic acids is 1. The van der Waals surface area contributed by atoms with Crippen molar-refractivity contribution in [2.45, 2.75) is 32.2 Å². The van der Waals surface area contributed by atoms with Gasteiger partial charge >= 0.3 is 11.7 Å². The van der Waals surface area contributed by atoms with E-state index in [2.05, 4.69) is 17.2 Å². The van der Waals surface area contributed by atoms with Crippen LogP contribution < -0.4 is 5.32 Å². The molecule has 1 aliphatic carbocycles. The van der Waals surface area contributed by atoms with Crippen LogP contribution in [-0.4, -0.2) is 27.0 Å². The predicted octanol–water partition coefficient (Wildman–Crippen LogP) is 2.29. The van der Waals surface area contributed by atoms with Gasteiger partial charge in [0.25, 0.3) is 0 Å². The lowest BCUT2D eigenvalue weighted by atomic mass is 10.1. The Hall–Kier alpha value is -2.18. The molecule has 0 aromatic carbocycles. The van der Waals surface area contributed by atoms with Crippen LogP contribution in [0.5, 0.6) is 0 Å². The van der Waals surface area contributed by atoms with Crippen molar-refractivity contribution in [2.24, 2.45) is 5.92 Å². The van der Waals surface area contributed by atoms with E-state index in [0.717, 1.165) is 31.5 Å². The molecular formula is C12H15N3O4. The summed E-state index contributed by atoms with van der Waals surface area (Å²) in [6.07, 6.45) is 4.11. The molecule has 2 unspecified atom stereocenters. The Kier molecular flexibility index (Phi) is 3.64. The second-order valence-electron chi connectivity index (χ2n) is 4.91. The smallest absolute Gasteiger partial charge is 0.337 e. The summed E-state index contributed by atoms with van der Waals surface area (Å²) < 4.78 is 0. The highest BCUT2D eigenvalue weighted by molar-refractivity contribution is 5.88. The molecule has 0 spiro atoms. The fourth-order valence-corrected chi connectivity index (χ4v) is 2.35. The first-order chi connectivity index (χ1) is 8.97. The molecule has 0 saturated heterocycles. The maximum absolute atomic E-state index is 11.0. The third-order valence-corrected chi connectivity index (χ3v) is 3.35. The molecule has 0 radical (unpaired) electrons. The van der Waals surface area contributed by atoms with Gasteiger partial charge in [0.05, 0.1) is 10.5 Å². The standard InChI is InChI=1S/C12H15N3O4/c1-7-2-3-9(4-7)14-11-10(15(18)19)5-8(6-13-11)12(16)17/h5-7,9H,2-4H2,1H3,(H,13,14)(H,16,17). The summed E-state index contributed by atoms with van der Waals surface area (Å²) in [5.41, 5.74) is -0.475. The highest BCUT2D eigenvalue weighted by Gasteiger charge is 2.25. The van der Waals surface area contributed by atoms with Crippen molar-refractivity contribution in [3.05, 3.63) is 27.9 Å². The number of nitrogens with one attached hydrogen (secondary N) is 1. The molecule has 0 bridgehead atoms. The van der Waals surface area contributed by atoms with E-state index in [1.165, 1.54) is 0 Å². The van der Waals surface area contributed by atoms with E-state index in [1.54, 1.807) is 0 Å². The van der Waals surface area contributed by atoms with Gasteiger partial charge in [0, 0.05) is 18.3 Å². The van der Waals surface area contributed by atoms with Crippen LogP contribution in [0.25, 0.3) is 0 Å². The van der Waals surface area contributed by atoms with E-state index >= 15 is 0 Å². The zero-order chi connectivity index (χ0) is 14.0. The first-order valence-corrected chi connectivity index (χ1v) is 6.11. The lowest BCUT2D eigenvalue weighted by Crippen LogP contribution is -2.17. The Morgan fingerprint density at radius 1 is 1.58 bits per heavy atom. The van der Waals surface area contributed by atoms with Gasteiger partial charge in [-0.3, -0.25) is 10.1 Å². The van der Waals surface area contributed by atoms with Crippen molar-refractivity contribution in [2.75, 3.05) is 5.32 Å². The Bertz CT molecular complexity index is 518. The summed E-state index contributed by atoms with van der Waals surface area (Å²) in [5.74, 6) is -0.486. The van der Waals surface area contributed by atoms with Crippen molar-refractivity contribution < 1.29 is 14.8 Å². The van der Waals surface area contributed by atoms with E-state index in [0.29, 0.717) is 5.92 Å². The Labute approximate surface area is 109 Å². The normalized spacial score (nSPS) is 22.2. The van der Waals surface area contributed by atoms with Crippen LogP contribution in [0.4, 0.5) is 11.5 Å². The molecule has 0 aliphatic heterocycles. The number of aromatic nitrogens is 1.